The Balaban J connectivity index is 3.28. The SMILES string of the molecule is N[C@@H](c1c(Br)ccc(F)c1O)C(F)(F)CO. The lowest BCUT2D eigenvalue weighted by Gasteiger charge is -2.23. The Bertz CT molecular complexity index is 401. The Hall–Kier alpha value is -0.790. The van der Waals surface area contributed by atoms with Crippen molar-refractivity contribution in [2.75, 3.05) is 6.61 Å². The number of aliphatic hydroxyl groups is 1. The number of phenols is 1. The number of alkyl halides is 2. The molecule has 0 fully saturated rings. The maximum Gasteiger partial charge on any atom is 0.289 e. The zero-order valence-corrected chi connectivity index (χ0v) is 9.51. The van der Waals surface area contributed by atoms with Crippen molar-refractivity contribution in [3.8, 4) is 5.75 Å². The summed E-state index contributed by atoms with van der Waals surface area (Å²) in [7, 11) is 0. The van der Waals surface area contributed by atoms with Crippen molar-refractivity contribution < 1.29 is 23.4 Å². The van der Waals surface area contributed by atoms with Crippen LogP contribution in [0, 0.1) is 5.82 Å². The molecule has 1 aromatic rings. The Morgan fingerprint density at radius 1 is 1.44 bits per heavy atom. The van der Waals surface area contributed by atoms with E-state index in [0.29, 0.717) is 0 Å². The van der Waals surface area contributed by atoms with Gasteiger partial charge in [0.2, 0.25) is 0 Å². The van der Waals surface area contributed by atoms with Crippen molar-refractivity contribution in [2.24, 2.45) is 5.73 Å². The second-order valence-electron chi connectivity index (χ2n) is 3.19. The highest BCUT2D eigenvalue weighted by molar-refractivity contribution is 9.10. The molecule has 0 heterocycles. The third-order valence-corrected chi connectivity index (χ3v) is 2.78. The van der Waals surface area contributed by atoms with E-state index in [9.17, 15) is 18.3 Å². The minimum absolute atomic E-state index is 0.0482. The molecule has 1 rings (SSSR count). The van der Waals surface area contributed by atoms with Gasteiger partial charge in [-0.15, -0.1) is 0 Å². The van der Waals surface area contributed by atoms with Gasteiger partial charge in [-0.25, -0.2) is 13.2 Å². The van der Waals surface area contributed by atoms with Crippen LogP contribution in [0.25, 0.3) is 0 Å². The predicted molar refractivity (Wildman–Crippen MR) is 54.7 cm³/mol. The highest BCUT2D eigenvalue weighted by Gasteiger charge is 2.40. The summed E-state index contributed by atoms with van der Waals surface area (Å²) in [4.78, 5) is 0. The summed E-state index contributed by atoms with van der Waals surface area (Å²) in [5, 5.41) is 17.8. The third kappa shape index (κ3) is 2.31. The first-order valence-electron chi connectivity index (χ1n) is 4.22. The zero-order chi connectivity index (χ0) is 12.5. The monoisotopic (exact) mass is 299 g/mol. The molecule has 0 amide bonds. The summed E-state index contributed by atoms with van der Waals surface area (Å²) in [6, 6.07) is 0.0623. The smallest absolute Gasteiger partial charge is 0.289 e. The van der Waals surface area contributed by atoms with E-state index in [2.05, 4.69) is 15.9 Å². The molecule has 0 aromatic heterocycles. The van der Waals surface area contributed by atoms with E-state index >= 15 is 0 Å². The van der Waals surface area contributed by atoms with Crippen LogP contribution in [-0.2, 0) is 0 Å². The molecule has 0 aliphatic heterocycles. The van der Waals surface area contributed by atoms with Gasteiger partial charge in [-0.3, -0.25) is 0 Å². The molecular weight excluding hydrogens is 291 g/mol. The van der Waals surface area contributed by atoms with Gasteiger partial charge >= 0.3 is 0 Å². The van der Waals surface area contributed by atoms with E-state index in [1.807, 2.05) is 0 Å². The van der Waals surface area contributed by atoms with Gasteiger partial charge in [0.15, 0.2) is 11.6 Å². The van der Waals surface area contributed by atoms with Crippen LogP contribution in [0.2, 0.25) is 0 Å². The van der Waals surface area contributed by atoms with Gasteiger partial charge in [-0.2, -0.15) is 0 Å². The highest BCUT2D eigenvalue weighted by Crippen LogP contribution is 2.39. The Labute approximate surface area is 97.8 Å². The molecule has 0 unspecified atom stereocenters. The van der Waals surface area contributed by atoms with Crippen LogP contribution in [0.5, 0.6) is 5.75 Å². The van der Waals surface area contributed by atoms with Crippen LogP contribution in [0.1, 0.15) is 11.6 Å². The maximum atomic E-state index is 13.1. The highest BCUT2D eigenvalue weighted by atomic mass is 79.9. The molecule has 0 radical (unpaired) electrons. The average molecular weight is 300 g/mol. The van der Waals surface area contributed by atoms with Crippen LogP contribution < -0.4 is 5.73 Å². The molecule has 0 bridgehead atoms. The van der Waals surface area contributed by atoms with E-state index in [0.717, 1.165) is 12.1 Å². The van der Waals surface area contributed by atoms with Crippen LogP contribution in [0.15, 0.2) is 16.6 Å². The van der Waals surface area contributed by atoms with E-state index in [1.165, 1.54) is 0 Å². The molecule has 1 atom stereocenters. The Morgan fingerprint density at radius 3 is 2.50 bits per heavy atom. The van der Waals surface area contributed by atoms with Crippen LogP contribution in [0.3, 0.4) is 0 Å². The van der Waals surface area contributed by atoms with Gasteiger partial charge in [0.05, 0.1) is 0 Å². The minimum atomic E-state index is -3.65. The lowest BCUT2D eigenvalue weighted by molar-refractivity contribution is -0.0718. The van der Waals surface area contributed by atoms with Gasteiger partial charge in [-0.1, -0.05) is 15.9 Å². The fraction of sp³-hybridized carbons (Fsp3) is 0.333. The van der Waals surface area contributed by atoms with Gasteiger partial charge in [0.25, 0.3) is 5.92 Å². The molecule has 1 aromatic carbocycles. The number of phenolic OH excluding ortho intramolecular Hbond substituents is 1. The summed E-state index contributed by atoms with van der Waals surface area (Å²) < 4.78 is 39.2. The Kier molecular flexibility index (Phi) is 3.82. The van der Waals surface area contributed by atoms with Crippen molar-refractivity contribution in [2.45, 2.75) is 12.0 Å². The van der Waals surface area contributed by atoms with Gasteiger partial charge in [0.1, 0.15) is 12.6 Å². The predicted octanol–water partition coefficient (Wildman–Crippen LogP) is 1.92. The molecule has 0 saturated heterocycles. The number of aromatic hydroxyl groups is 1. The van der Waals surface area contributed by atoms with Crippen LogP contribution in [-0.4, -0.2) is 22.7 Å². The summed E-state index contributed by atoms with van der Waals surface area (Å²) >= 11 is 2.88. The molecule has 16 heavy (non-hydrogen) atoms. The van der Waals surface area contributed by atoms with E-state index in [-0.39, 0.29) is 4.47 Å². The number of nitrogens with two attached hydrogens (primary N) is 1. The second kappa shape index (κ2) is 4.60. The number of aliphatic hydroxyl groups excluding tert-OH is 1. The third-order valence-electron chi connectivity index (χ3n) is 2.09. The summed E-state index contributed by atoms with van der Waals surface area (Å²) in [6.07, 6.45) is 0. The first-order valence-corrected chi connectivity index (χ1v) is 5.01. The number of halogens is 4. The standard InChI is InChI=1S/C9H9BrF3NO2/c10-4-1-2-5(11)7(16)6(4)8(14)9(12,13)3-15/h1-2,8,15-16H,3,14H2/t8-/m0/s1. The van der Waals surface area contributed by atoms with Crippen LogP contribution in [0.4, 0.5) is 13.2 Å². The average Bonchev–Trinajstić information content (AvgIpc) is 2.24. The Morgan fingerprint density at radius 2 is 2.00 bits per heavy atom. The molecule has 90 valence electrons. The molecule has 0 aliphatic rings. The molecule has 0 aliphatic carbocycles. The molecule has 3 nitrogen and oxygen atoms in total. The number of hydrogen-bond donors (Lipinski definition) is 3. The first kappa shape index (κ1) is 13.3. The van der Waals surface area contributed by atoms with Crippen molar-refractivity contribution in [3.05, 3.63) is 28.0 Å². The van der Waals surface area contributed by atoms with Gasteiger partial charge in [0, 0.05) is 10.0 Å². The van der Waals surface area contributed by atoms with Crippen LogP contribution >= 0.6 is 15.9 Å². The molecule has 7 heteroatoms. The molecule has 0 spiro atoms. The minimum Gasteiger partial charge on any atom is -0.505 e. The lowest BCUT2D eigenvalue weighted by Crippen LogP contribution is -2.36. The zero-order valence-electron chi connectivity index (χ0n) is 7.92. The normalized spacial score (nSPS) is 13.9. The summed E-state index contributed by atoms with van der Waals surface area (Å²) in [5.74, 6) is -5.65. The fourth-order valence-electron chi connectivity index (χ4n) is 1.16. The van der Waals surface area contributed by atoms with E-state index in [4.69, 9.17) is 10.8 Å². The summed E-state index contributed by atoms with van der Waals surface area (Å²) in [6.45, 7) is -1.49. The molecular formula is C9H9BrF3NO2. The number of benzene rings is 1. The van der Waals surface area contributed by atoms with Crippen molar-refractivity contribution >= 4 is 15.9 Å². The van der Waals surface area contributed by atoms with E-state index in [1.54, 1.807) is 0 Å². The number of rotatable bonds is 3. The topological polar surface area (TPSA) is 66.5 Å². The van der Waals surface area contributed by atoms with Crippen molar-refractivity contribution in [1.29, 1.82) is 0 Å². The lowest BCUT2D eigenvalue weighted by atomic mass is 10.0. The van der Waals surface area contributed by atoms with Crippen molar-refractivity contribution in [3.63, 3.8) is 0 Å². The van der Waals surface area contributed by atoms with Crippen molar-refractivity contribution in [1.82, 2.24) is 0 Å². The quantitative estimate of drug-likeness (QED) is 0.799. The van der Waals surface area contributed by atoms with Gasteiger partial charge < -0.3 is 15.9 Å². The first-order chi connectivity index (χ1) is 7.31. The molecule has 0 saturated carbocycles. The van der Waals surface area contributed by atoms with Gasteiger partial charge in [-0.05, 0) is 12.1 Å². The van der Waals surface area contributed by atoms with E-state index < -0.39 is 35.7 Å². The fourth-order valence-corrected chi connectivity index (χ4v) is 1.73. The summed E-state index contributed by atoms with van der Waals surface area (Å²) in [5.41, 5.74) is 4.71. The largest absolute Gasteiger partial charge is 0.505 e. The number of hydrogen-bond acceptors (Lipinski definition) is 3. The maximum absolute atomic E-state index is 13.1. The second-order valence-corrected chi connectivity index (χ2v) is 4.04. The molecule has 4 N–H and O–H groups in total.